The lowest BCUT2D eigenvalue weighted by Gasteiger charge is -2.31. The normalized spacial score (nSPS) is 18.3. The second kappa shape index (κ2) is 7.44. The second-order valence-electron chi connectivity index (χ2n) is 6.86. The lowest BCUT2D eigenvalue weighted by Crippen LogP contribution is -2.39. The van der Waals surface area contributed by atoms with E-state index in [1.54, 1.807) is 12.1 Å². The topological polar surface area (TPSA) is 84.5 Å². The van der Waals surface area contributed by atoms with Crippen LogP contribution in [0.4, 0.5) is 0 Å². The molecule has 8 heteroatoms. The molecule has 0 spiro atoms. The van der Waals surface area contributed by atoms with Gasteiger partial charge in [-0.2, -0.15) is 4.31 Å². The van der Waals surface area contributed by atoms with Crippen LogP contribution in [0.25, 0.3) is 11.0 Å². The molecule has 2 aromatic carbocycles. The highest BCUT2D eigenvalue weighted by atomic mass is 32.2. The Morgan fingerprint density at radius 1 is 1.11 bits per heavy atom. The fraction of sp³-hybridized carbons (Fsp3) is 0.350. The van der Waals surface area contributed by atoms with E-state index in [4.69, 9.17) is 9.47 Å². The van der Waals surface area contributed by atoms with Gasteiger partial charge < -0.3 is 14.5 Å². The number of piperidine rings is 1. The van der Waals surface area contributed by atoms with Gasteiger partial charge in [-0.15, -0.1) is 0 Å². The number of ether oxygens (including phenoxy) is 2. The number of imidazole rings is 1. The van der Waals surface area contributed by atoms with Crippen LogP contribution in [0.1, 0.15) is 24.6 Å². The summed E-state index contributed by atoms with van der Waals surface area (Å²) < 4.78 is 38.4. The van der Waals surface area contributed by atoms with Crippen molar-refractivity contribution < 1.29 is 17.9 Å². The summed E-state index contributed by atoms with van der Waals surface area (Å²) >= 11 is 0. The van der Waals surface area contributed by atoms with Crippen molar-refractivity contribution in [2.45, 2.75) is 23.7 Å². The maximum absolute atomic E-state index is 13.2. The van der Waals surface area contributed by atoms with Crippen LogP contribution in [-0.2, 0) is 10.0 Å². The Balaban J connectivity index is 1.61. The van der Waals surface area contributed by atoms with E-state index in [1.807, 2.05) is 24.3 Å². The molecule has 7 nitrogen and oxygen atoms in total. The van der Waals surface area contributed by atoms with Crippen LogP contribution in [0, 0.1) is 0 Å². The van der Waals surface area contributed by atoms with E-state index in [-0.39, 0.29) is 10.8 Å². The molecule has 148 valence electrons. The minimum atomic E-state index is -3.63. The second-order valence-corrected chi connectivity index (χ2v) is 8.80. The number of aromatic amines is 1. The van der Waals surface area contributed by atoms with Crippen LogP contribution in [0.3, 0.4) is 0 Å². The summed E-state index contributed by atoms with van der Waals surface area (Å²) in [4.78, 5) is 8.21. The molecule has 1 aliphatic rings. The molecule has 0 aliphatic carbocycles. The molecule has 0 radical (unpaired) electrons. The molecule has 0 saturated carbocycles. The first-order valence-corrected chi connectivity index (χ1v) is 10.6. The van der Waals surface area contributed by atoms with Crippen molar-refractivity contribution >= 4 is 21.1 Å². The minimum Gasteiger partial charge on any atom is -0.493 e. The van der Waals surface area contributed by atoms with Gasteiger partial charge in [-0.25, -0.2) is 13.4 Å². The molecule has 0 amide bonds. The predicted octanol–water partition coefficient (Wildman–Crippen LogP) is 3.15. The summed E-state index contributed by atoms with van der Waals surface area (Å²) in [6, 6.07) is 12.5. The zero-order chi connectivity index (χ0) is 19.7. The number of aromatic nitrogens is 2. The van der Waals surface area contributed by atoms with Crippen LogP contribution in [0.15, 0.2) is 47.4 Å². The van der Waals surface area contributed by atoms with Gasteiger partial charge >= 0.3 is 0 Å². The van der Waals surface area contributed by atoms with Crippen LogP contribution in [0.5, 0.6) is 11.5 Å². The Morgan fingerprint density at radius 2 is 1.89 bits per heavy atom. The molecule has 1 atom stereocenters. The third-order valence-corrected chi connectivity index (χ3v) is 7.03. The van der Waals surface area contributed by atoms with Gasteiger partial charge in [0.25, 0.3) is 0 Å². The lowest BCUT2D eigenvalue weighted by molar-refractivity contribution is 0.310. The van der Waals surface area contributed by atoms with E-state index >= 15 is 0 Å². The average Bonchev–Trinajstić information content (AvgIpc) is 3.17. The van der Waals surface area contributed by atoms with E-state index in [0.29, 0.717) is 24.6 Å². The molecule has 1 saturated heterocycles. The van der Waals surface area contributed by atoms with Crippen LogP contribution < -0.4 is 9.47 Å². The Kier molecular flexibility index (Phi) is 4.99. The number of nitrogens with zero attached hydrogens (tertiary/aromatic N) is 2. The van der Waals surface area contributed by atoms with Gasteiger partial charge in [-0.05, 0) is 37.1 Å². The average molecular weight is 401 g/mol. The molecular formula is C20H23N3O4S. The molecular weight excluding hydrogens is 378 g/mol. The van der Waals surface area contributed by atoms with Crippen molar-refractivity contribution in [2.24, 2.45) is 0 Å². The smallest absolute Gasteiger partial charge is 0.243 e. The standard InChI is InChI=1S/C20H23N3O4S/c1-26-18-10-9-15(12-19(18)27-2)28(24,25)23-11-5-6-14(13-23)20-21-16-7-3-4-8-17(16)22-20/h3-4,7-10,12,14H,5-6,11,13H2,1-2H3,(H,21,22)/t14-/m1/s1. The Bertz CT molecular complexity index is 1060. The number of methoxy groups -OCH3 is 2. The van der Waals surface area contributed by atoms with Crippen LogP contribution >= 0.6 is 0 Å². The molecule has 1 aromatic heterocycles. The fourth-order valence-corrected chi connectivity index (χ4v) is 5.22. The van der Waals surface area contributed by atoms with Crippen molar-refractivity contribution in [1.82, 2.24) is 14.3 Å². The van der Waals surface area contributed by atoms with E-state index in [0.717, 1.165) is 29.7 Å². The molecule has 1 aliphatic heterocycles. The zero-order valence-electron chi connectivity index (χ0n) is 15.9. The first kappa shape index (κ1) is 18.8. The number of hydrogen-bond acceptors (Lipinski definition) is 5. The predicted molar refractivity (Wildman–Crippen MR) is 106 cm³/mol. The van der Waals surface area contributed by atoms with Gasteiger partial charge in [0.2, 0.25) is 10.0 Å². The molecule has 3 aromatic rings. The molecule has 2 heterocycles. The first-order chi connectivity index (χ1) is 13.5. The van der Waals surface area contributed by atoms with Crippen LogP contribution in [-0.4, -0.2) is 50.0 Å². The van der Waals surface area contributed by atoms with E-state index in [2.05, 4.69) is 9.97 Å². The fourth-order valence-electron chi connectivity index (χ4n) is 3.68. The number of benzene rings is 2. The Labute approximate surface area is 164 Å². The summed E-state index contributed by atoms with van der Waals surface area (Å²) in [5, 5.41) is 0. The van der Waals surface area contributed by atoms with Gasteiger partial charge in [0, 0.05) is 25.1 Å². The van der Waals surface area contributed by atoms with Crippen molar-refractivity contribution in [3.05, 3.63) is 48.3 Å². The van der Waals surface area contributed by atoms with Crippen molar-refractivity contribution in [3.8, 4) is 11.5 Å². The van der Waals surface area contributed by atoms with Gasteiger partial charge in [-0.3, -0.25) is 0 Å². The lowest BCUT2D eigenvalue weighted by atomic mass is 9.99. The number of sulfonamides is 1. The number of hydrogen-bond donors (Lipinski definition) is 1. The van der Waals surface area contributed by atoms with Gasteiger partial charge in [-0.1, -0.05) is 12.1 Å². The number of para-hydroxylation sites is 2. The van der Waals surface area contributed by atoms with E-state index < -0.39 is 10.0 Å². The van der Waals surface area contributed by atoms with Gasteiger partial charge in [0.1, 0.15) is 5.82 Å². The molecule has 0 unspecified atom stereocenters. The highest BCUT2D eigenvalue weighted by Crippen LogP contribution is 2.33. The molecule has 28 heavy (non-hydrogen) atoms. The largest absolute Gasteiger partial charge is 0.493 e. The number of H-pyrrole nitrogens is 1. The summed E-state index contributed by atoms with van der Waals surface area (Å²) in [6.45, 7) is 0.893. The molecule has 1 N–H and O–H groups in total. The SMILES string of the molecule is COc1ccc(S(=O)(=O)N2CCC[C@@H](c3nc4ccccc4[nH]3)C2)cc1OC. The summed E-state index contributed by atoms with van der Waals surface area (Å²) in [5.74, 6) is 1.78. The van der Waals surface area contributed by atoms with Crippen LogP contribution in [0.2, 0.25) is 0 Å². The number of nitrogens with one attached hydrogen (secondary N) is 1. The third-order valence-electron chi connectivity index (χ3n) is 5.17. The summed E-state index contributed by atoms with van der Waals surface area (Å²) in [5.41, 5.74) is 1.87. The quantitative estimate of drug-likeness (QED) is 0.710. The maximum atomic E-state index is 13.2. The van der Waals surface area contributed by atoms with Crippen molar-refractivity contribution in [2.75, 3.05) is 27.3 Å². The van der Waals surface area contributed by atoms with Gasteiger partial charge in [0.05, 0.1) is 30.1 Å². The Hall–Kier alpha value is -2.58. The minimum absolute atomic E-state index is 0.0380. The maximum Gasteiger partial charge on any atom is 0.243 e. The highest BCUT2D eigenvalue weighted by Gasteiger charge is 2.32. The zero-order valence-corrected chi connectivity index (χ0v) is 16.7. The number of rotatable bonds is 5. The monoisotopic (exact) mass is 401 g/mol. The molecule has 0 bridgehead atoms. The summed E-state index contributed by atoms with van der Waals surface area (Å²) in [6.07, 6.45) is 1.69. The first-order valence-electron chi connectivity index (χ1n) is 9.20. The van der Waals surface area contributed by atoms with E-state index in [9.17, 15) is 8.42 Å². The highest BCUT2D eigenvalue weighted by molar-refractivity contribution is 7.89. The van der Waals surface area contributed by atoms with Crippen molar-refractivity contribution in [3.63, 3.8) is 0 Å². The molecule has 4 rings (SSSR count). The van der Waals surface area contributed by atoms with Gasteiger partial charge in [0.15, 0.2) is 11.5 Å². The summed E-state index contributed by atoms with van der Waals surface area (Å²) in [7, 11) is -0.619. The Morgan fingerprint density at radius 3 is 2.64 bits per heavy atom. The number of fused-ring (bicyclic) bond motifs is 1. The third kappa shape index (κ3) is 3.33. The van der Waals surface area contributed by atoms with E-state index in [1.165, 1.54) is 24.6 Å². The van der Waals surface area contributed by atoms with Crippen molar-refractivity contribution in [1.29, 1.82) is 0 Å². The molecule has 1 fully saturated rings.